The van der Waals surface area contributed by atoms with Crippen LogP contribution >= 0.6 is 0 Å². The second kappa shape index (κ2) is 6.68. The number of carbonyl (C=O) groups excluding carboxylic acids is 1. The van der Waals surface area contributed by atoms with Crippen LogP contribution in [0.25, 0.3) is 0 Å². The lowest BCUT2D eigenvalue weighted by atomic mass is 9.69. The van der Waals surface area contributed by atoms with Crippen molar-refractivity contribution in [1.29, 1.82) is 0 Å². The Kier molecular flexibility index (Phi) is 4.47. The molecule has 0 radical (unpaired) electrons. The van der Waals surface area contributed by atoms with Crippen molar-refractivity contribution in [2.45, 2.75) is 43.7 Å². The third kappa shape index (κ3) is 3.12. The number of aryl methyl sites for hydroxylation is 1. The Morgan fingerprint density at radius 2 is 1.56 bits per heavy atom. The van der Waals surface area contributed by atoms with Crippen LogP contribution in [0.2, 0.25) is 0 Å². The molecule has 4 nitrogen and oxygen atoms in total. The Hall–Kier alpha value is -2.33. The summed E-state index contributed by atoms with van der Waals surface area (Å²) in [5.41, 5.74) is 3.52. The smallest absolute Gasteiger partial charge is 0.322 e. The first-order valence-electron chi connectivity index (χ1n) is 9.84. The third-order valence-corrected chi connectivity index (χ3v) is 6.63. The number of rotatable bonds is 3. The Balaban J connectivity index is 1.54. The van der Waals surface area contributed by atoms with Crippen molar-refractivity contribution in [1.82, 2.24) is 10.2 Å². The number of nitrogens with one attached hydrogen (secondary N) is 1. The number of urea groups is 1. The van der Waals surface area contributed by atoms with E-state index in [9.17, 15) is 4.79 Å². The standard InChI is InChI=1S/C23H29N3O/c1-18-9-11-20(12-10-18)26-17-22(24-21(26)27)13-15-23(16-14-22,25(2)3)19-7-5-4-6-8-19/h4-12H,13-17H2,1-3H3,(H,24,27). The van der Waals surface area contributed by atoms with Crippen molar-refractivity contribution in [3.63, 3.8) is 0 Å². The molecule has 2 aromatic rings. The molecule has 4 heteroatoms. The average Bonchev–Trinajstić information content (AvgIpc) is 3.00. The molecular weight excluding hydrogens is 334 g/mol. The van der Waals surface area contributed by atoms with Gasteiger partial charge >= 0.3 is 6.03 Å². The van der Waals surface area contributed by atoms with Crippen molar-refractivity contribution < 1.29 is 4.79 Å². The van der Waals surface area contributed by atoms with Crippen LogP contribution in [0.15, 0.2) is 54.6 Å². The van der Waals surface area contributed by atoms with Crippen molar-refractivity contribution in [3.05, 3.63) is 65.7 Å². The van der Waals surface area contributed by atoms with Gasteiger partial charge in [0.15, 0.2) is 0 Å². The maximum absolute atomic E-state index is 12.7. The van der Waals surface area contributed by atoms with Gasteiger partial charge < -0.3 is 5.32 Å². The lowest BCUT2D eigenvalue weighted by molar-refractivity contribution is 0.0658. The fourth-order valence-electron chi connectivity index (χ4n) is 4.81. The molecular formula is C23H29N3O. The molecule has 2 fully saturated rings. The van der Waals surface area contributed by atoms with Crippen molar-refractivity contribution in [2.75, 3.05) is 25.5 Å². The van der Waals surface area contributed by atoms with E-state index in [1.54, 1.807) is 0 Å². The lowest BCUT2D eigenvalue weighted by Gasteiger charge is -2.48. The molecule has 1 saturated carbocycles. The zero-order valence-electron chi connectivity index (χ0n) is 16.5. The second-order valence-electron chi connectivity index (χ2n) is 8.42. The molecule has 1 heterocycles. The molecule has 27 heavy (non-hydrogen) atoms. The maximum Gasteiger partial charge on any atom is 0.322 e. The summed E-state index contributed by atoms with van der Waals surface area (Å²) in [6, 6.07) is 19.1. The average molecular weight is 364 g/mol. The Labute approximate surface area is 162 Å². The van der Waals surface area contributed by atoms with E-state index >= 15 is 0 Å². The zero-order chi connectivity index (χ0) is 19.1. The van der Waals surface area contributed by atoms with E-state index in [4.69, 9.17) is 0 Å². The molecule has 1 aliphatic carbocycles. The fraction of sp³-hybridized carbons (Fsp3) is 0.435. The summed E-state index contributed by atoms with van der Waals surface area (Å²) in [5.74, 6) is 0. The topological polar surface area (TPSA) is 35.6 Å². The molecule has 0 unspecified atom stereocenters. The number of nitrogens with zero attached hydrogens (tertiary/aromatic N) is 2. The first-order valence-corrected chi connectivity index (χ1v) is 9.84. The molecule has 2 amide bonds. The van der Waals surface area contributed by atoms with Crippen LogP contribution in [0.5, 0.6) is 0 Å². The summed E-state index contributed by atoms with van der Waals surface area (Å²) in [6.45, 7) is 2.83. The quantitative estimate of drug-likeness (QED) is 0.883. The van der Waals surface area contributed by atoms with Crippen LogP contribution in [0.3, 0.4) is 0 Å². The van der Waals surface area contributed by atoms with Crippen LogP contribution in [0, 0.1) is 6.92 Å². The van der Waals surface area contributed by atoms with E-state index < -0.39 is 0 Å². The Morgan fingerprint density at radius 1 is 0.926 bits per heavy atom. The first kappa shape index (κ1) is 18.1. The van der Waals surface area contributed by atoms with Crippen molar-refractivity contribution >= 4 is 11.7 Å². The number of hydrogen-bond donors (Lipinski definition) is 1. The van der Waals surface area contributed by atoms with Crippen LogP contribution in [0.1, 0.15) is 36.8 Å². The normalized spacial score (nSPS) is 28.0. The molecule has 0 aromatic heterocycles. The predicted molar refractivity (Wildman–Crippen MR) is 110 cm³/mol. The SMILES string of the molecule is Cc1ccc(N2CC3(CCC(c4ccccc4)(N(C)C)CC3)NC2=O)cc1. The number of benzene rings is 2. The molecule has 1 saturated heterocycles. The van der Waals surface area contributed by atoms with Gasteiger partial charge in [-0.3, -0.25) is 9.80 Å². The van der Waals surface area contributed by atoms with Gasteiger partial charge in [0.05, 0.1) is 12.1 Å². The molecule has 1 aliphatic heterocycles. The highest BCUT2D eigenvalue weighted by Gasteiger charge is 2.50. The van der Waals surface area contributed by atoms with Gasteiger partial charge in [0.2, 0.25) is 0 Å². The summed E-state index contributed by atoms with van der Waals surface area (Å²) < 4.78 is 0. The van der Waals surface area contributed by atoms with Gasteiger partial charge in [-0.1, -0.05) is 48.0 Å². The number of amides is 2. The zero-order valence-corrected chi connectivity index (χ0v) is 16.5. The Morgan fingerprint density at radius 3 is 2.15 bits per heavy atom. The minimum absolute atomic E-state index is 0.0379. The maximum atomic E-state index is 12.7. The van der Waals surface area contributed by atoms with Crippen molar-refractivity contribution in [3.8, 4) is 0 Å². The van der Waals surface area contributed by atoms with E-state index in [-0.39, 0.29) is 17.1 Å². The largest absolute Gasteiger partial charge is 0.330 e. The van der Waals surface area contributed by atoms with E-state index in [0.717, 1.165) is 37.9 Å². The molecule has 2 aliphatic rings. The number of hydrogen-bond acceptors (Lipinski definition) is 2. The van der Waals surface area contributed by atoms with Gasteiger partial charge in [0.25, 0.3) is 0 Å². The van der Waals surface area contributed by atoms with E-state index in [2.05, 4.69) is 73.7 Å². The van der Waals surface area contributed by atoms with Gasteiger partial charge in [0.1, 0.15) is 0 Å². The predicted octanol–water partition coefficient (Wildman–Crippen LogP) is 4.29. The van der Waals surface area contributed by atoms with Crippen LogP contribution in [-0.4, -0.2) is 37.1 Å². The van der Waals surface area contributed by atoms with Gasteiger partial charge in [-0.15, -0.1) is 0 Å². The van der Waals surface area contributed by atoms with Crippen LogP contribution < -0.4 is 10.2 Å². The lowest BCUT2D eigenvalue weighted by Crippen LogP contribution is -2.54. The Bertz CT molecular complexity index is 805. The summed E-state index contributed by atoms with van der Waals surface area (Å²) in [7, 11) is 4.35. The monoisotopic (exact) mass is 363 g/mol. The van der Waals surface area contributed by atoms with E-state index in [1.807, 2.05) is 17.0 Å². The summed E-state index contributed by atoms with van der Waals surface area (Å²) in [6.07, 6.45) is 4.08. The van der Waals surface area contributed by atoms with Crippen LogP contribution in [0.4, 0.5) is 10.5 Å². The van der Waals surface area contributed by atoms with Gasteiger partial charge in [-0.2, -0.15) is 0 Å². The molecule has 4 rings (SSSR count). The molecule has 1 spiro atoms. The molecule has 1 N–H and O–H groups in total. The highest BCUT2D eigenvalue weighted by molar-refractivity contribution is 5.95. The minimum atomic E-state index is -0.115. The fourth-order valence-corrected chi connectivity index (χ4v) is 4.81. The third-order valence-electron chi connectivity index (χ3n) is 6.63. The highest BCUT2D eigenvalue weighted by atomic mass is 16.2. The molecule has 2 aromatic carbocycles. The first-order chi connectivity index (χ1) is 12.9. The van der Waals surface area contributed by atoms with Gasteiger partial charge in [-0.25, -0.2) is 4.79 Å². The van der Waals surface area contributed by atoms with E-state index in [1.165, 1.54) is 11.1 Å². The molecule has 0 atom stereocenters. The molecule has 0 bridgehead atoms. The summed E-state index contributed by atoms with van der Waals surface area (Å²) >= 11 is 0. The molecule has 142 valence electrons. The van der Waals surface area contributed by atoms with Crippen molar-refractivity contribution in [2.24, 2.45) is 0 Å². The summed E-state index contributed by atoms with van der Waals surface area (Å²) in [5, 5.41) is 3.33. The second-order valence-corrected chi connectivity index (χ2v) is 8.42. The summed E-state index contributed by atoms with van der Waals surface area (Å²) in [4.78, 5) is 17.0. The van der Waals surface area contributed by atoms with Gasteiger partial charge in [-0.05, 0) is 64.4 Å². The number of anilines is 1. The highest BCUT2D eigenvalue weighted by Crippen LogP contribution is 2.46. The van der Waals surface area contributed by atoms with Crippen LogP contribution in [-0.2, 0) is 5.54 Å². The minimum Gasteiger partial charge on any atom is -0.330 e. The van der Waals surface area contributed by atoms with Gasteiger partial charge in [0, 0.05) is 11.2 Å². The van der Waals surface area contributed by atoms with E-state index in [0.29, 0.717) is 0 Å². The number of carbonyl (C=O) groups is 1.